The van der Waals surface area contributed by atoms with E-state index in [9.17, 15) is 18.0 Å². The highest BCUT2D eigenvalue weighted by Gasteiger charge is 2.38. The number of aliphatic hydroxyl groups excluding tert-OH is 1. The lowest BCUT2D eigenvalue weighted by atomic mass is 10.1. The molecule has 4 nitrogen and oxygen atoms in total. The van der Waals surface area contributed by atoms with Crippen LogP contribution >= 0.6 is 0 Å². The molecule has 0 aliphatic carbocycles. The first-order valence-corrected chi connectivity index (χ1v) is 4.50. The molecule has 2 unspecified atom stereocenters. The van der Waals surface area contributed by atoms with Crippen LogP contribution in [0.3, 0.4) is 0 Å². The van der Waals surface area contributed by atoms with E-state index in [1.807, 2.05) is 0 Å². The molecule has 0 aromatic carbocycles. The average molecular weight is 229 g/mol. The van der Waals surface area contributed by atoms with Gasteiger partial charge in [0.2, 0.25) is 0 Å². The molecule has 0 aromatic heterocycles. The van der Waals surface area contributed by atoms with Crippen molar-refractivity contribution >= 4 is 5.97 Å². The zero-order valence-corrected chi connectivity index (χ0v) is 8.21. The summed E-state index contributed by atoms with van der Waals surface area (Å²) in [5.74, 6) is -1.22. The first-order valence-electron chi connectivity index (χ1n) is 4.50. The van der Waals surface area contributed by atoms with E-state index in [4.69, 9.17) is 10.2 Å². The number of halogens is 3. The molecule has 0 aromatic rings. The Labute approximate surface area is 85.1 Å². The van der Waals surface area contributed by atoms with Crippen molar-refractivity contribution in [3.63, 3.8) is 0 Å². The normalized spacial score (nSPS) is 16.1. The summed E-state index contributed by atoms with van der Waals surface area (Å²) in [7, 11) is 0. The summed E-state index contributed by atoms with van der Waals surface area (Å²) in [4.78, 5) is 10.5. The highest BCUT2D eigenvalue weighted by atomic mass is 19.4. The molecule has 0 aliphatic rings. The molecule has 0 saturated carbocycles. The maximum Gasteiger partial charge on any atom is 0.415 e. The van der Waals surface area contributed by atoms with E-state index in [0.717, 1.165) is 0 Å². The maximum atomic E-state index is 11.8. The van der Waals surface area contributed by atoms with Crippen molar-refractivity contribution in [3.8, 4) is 0 Å². The molecule has 0 spiro atoms. The fourth-order valence-corrected chi connectivity index (χ4v) is 0.971. The Hall–Kier alpha value is -0.820. The predicted octanol–water partition coefficient (Wildman–Crippen LogP) is 0.753. The number of hydrogen-bond acceptors (Lipinski definition) is 3. The summed E-state index contributed by atoms with van der Waals surface area (Å²) >= 11 is 0. The SMILES string of the molecule is CCCC(NCC(O)C(F)(F)F)C(=O)O. The highest BCUT2D eigenvalue weighted by molar-refractivity contribution is 5.73. The molecular formula is C8H14F3NO3. The number of aliphatic carboxylic acids is 1. The maximum absolute atomic E-state index is 11.8. The average Bonchev–Trinajstić information content (AvgIpc) is 2.09. The van der Waals surface area contributed by atoms with Gasteiger partial charge in [-0.3, -0.25) is 4.79 Å². The van der Waals surface area contributed by atoms with Gasteiger partial charge in [-0.15, -0.1) is 0 Å². The van der Waals surface area contributed by atoms with Crippen LogP contribution in [0.2, 0.25) is 0 Å². The lowest BCUT2D eigenvalue weighted by Gasteiger charge is -2.18. The number of carboxylic acid groups (broad SMARTS) is 1. The Morgan fingerprint density at radius 2 is 2.00 bits per heavy atom. The van der Waals surface area contributed by atoms with E-state index in [-0.39, 0.29) is 6.42 Å². The van der Waals surface area contributed by atoms with Gasteiger partial charge < -0.3 is 15.5 Å². The van der Waals surface area contributed by atoms with E-state index >= 15 is 0 Å². The fourth-order valence-electron chi connectivity index (χ4n) is 0.971. The number of carboxylic acids is 1. The van der Waals surface area contributed by atoms with Gasteiger partial charge in [0.1, 0.15) is 6.04 Å². The van der Waals surface area contributed by atoms with Crippen molar-refractivity contribution < 1.29 is 28.2 Å². The number of nitrogens with one attached hydrogen (secondary N) is 1. The predicted molar refractivity (Wildman–Crippen MR) is 46.4 cm³/mol. The smallest absolute Gasteiger partial charge is 0.415 e. The van der Waals surface area contributed by atoms with Gasteiger partial charge in [-0.2, -0.15) is 13.2 Å². The second-order valence-corrected chi connectivity index (χ2v) is 3.15. The van der Waals surface area contributed by atoms with Gasteiger partial charge in [0.05, 0.1) is 0 Å². The largest absolute Gasteiger partial charge is 0.480 e. The molecule has 90 valence electrons. The summed E-state index contributed by atoms with van der Waals surface area (Å²) in [5, 5.41) is 19.4. The van der Waals surface area contributed by atoms with Crippen molar-refractivity contribution in [1.29, 1.82) is 0 Å². The van der Waals surface area contributed by atoms with Gasteiger partial charge in [-0.05, 0) is 6.42 Å². The van der Waals surface area contributed by atoms with Crippen LogP contribution in [0.5, 0.6) is 0 Å². The summed E-state index contributed by atoms with van der Waals surface area (Å²) in [6, 6.07) is -1.05. The zero-order valence-electron chi connectivity index (χ0n) is 8.21. The minimum Gasteiger partial charge on any atom is -0.480 e. The Balaban J connectivity index is 4.05. The first kappa shape index (κ1) is 14.2. The fraction of sp³-hybridized carbons (Fsp3) is 0.875. The Morgan fingerprint density at radius 1 is 1.47 bits per heavy atom. The monoisotopic (exact) mass is 229 g/mol. The van der Waals surface area contributed by atoms with Crippen LogP contribution in [0.1, 0.15) is 19.8 Å². The standard InChI is InChI=1S/C8H14F3NO3/c1-2-3-5(7(14)15)12-4-6(13)8(9,10)11/h5-6,12-13H,2-4H2,1H3,(H,14,15). The second-order valence-electron chi connectivity index (χ2n) is 3.15. The third kappa shape index (κ3) is 5.58. The summed E-state index contributed by atoms with van der Waals surface area (Å²) in [6.45, 7) is 0.915. The van der Waals surface area contributed by atoms with Crippen molar-refractivity contribution in [2.75, 3.05) is 6.54 Å². The summed E-state index contributed by atoms with van der Waals surface area (Å²) < 4.78 is 35.5. The highest BCUT2D eigenvalue weighted by Crippen LogP contribution is 2.19. The number of rotatable bonds is 6. The molecule has 3 N–H and O–H groups in total. The molecule has 0 heterocycles. The van der Waals surface area contributed by atoms with Crippen molar-refractivity contribution in [2.45, 2.75) is 38.1 Å². The molecule has 0 saturated heterocycles. The van der Waals surface area contributed by atoms with Gasteiger partial charge in [0.15, 0.2) is 6.10 Å². The molecule has 0 bridgehead atoms. The van der Waals surface area contributed by atoms with Crippen LogP contribution in [-0.2, 0) is 4.79 Å². The van der Waals surface area contributed by atoms with Gasteiger partial charge in [0, 0.05) is 6.54 Å². The molecule has 0 fully saturated rings. The van der Waals surface area contributed by atoms with Crippen LogP contribution in [0.15, 0.2) is 0 Å². The number of carbonyl (C=O) groups is 1. The van der Waals surface area contributed by atoms with Crippen LogP contribution in [-0.4, -0.2) is 41.0 Å². The van der Waals surface area contributed by atoms with Crippen LogP contribution in [0.25, 0.3) is 0 Å². The molecule has 0 radical (unpaired) electrons. The summed E-state index contributed by atoms with van der Waals surface area (Å²) in [5.41, 5.74) is 0. The minimum atomic E-state index is -4.72. The van der Waals surface area contributed by atoms with Gasteiger partial charge in [0.25, 0.3) is 0 Å². The van der Waals surface area contributed by atoms with Crippen LogP contribution in [0, 0.1) is 0 Å². The quantitative estimate of drug-likeness (QED) is 0.628. The van der Waals surface area contributed by atoms with E-state index < -0.39 is 30.8 Å². The lowest BCUT2D eigenvalue weighted by molar-refractivity contribution is -0.202. The number of hydrogen-bond donors (Lipinski definition) is 3. The molecule has 0 aliphatic heterocycles. The van der Waals surface area contributed by atoms with E-state index in [1.54, 1.807) is 6.92 Å². The molecule has 7 heteroatoms. The minimum absolute atomic E-state index is 0.222. The Bertz CT molecular complexity index is 208. The lowest BCUT2D eigenvalue weighted by Crippen LogP contribution is -2.45. The Kier molecular flexibility index (Phi) is 5.59. The Morgan fingerprint density at radius 3 is 2.33 bits per heavy atom. The van der Waals surface area contributed by atoms with E-state index in [0.29, 0.717) is 6.42 Å². The first-order chi connectivity index (χ1) is 6.79. The van der Waals surface area contributed by atoms with Crippen LogP contribution in [0.4, 0.5) is 13.2 Å². The molecule has 2 atom stereocenters. The van der Waals surface area contributed by atoms with Crippen molar-refractivity contribution in [1.82, 2.24) is 5.32 Å². The van der Waals surface area contributed by atoms with Gasteiger partial charge in [-0.25, -0.2) is 0 Å². The molecular weight excluding hydrogens is 215 g/mol. The molecule has 0 rings (SSSR count). The number of aliphatic hydroxyl groups is 1. The molecule has 15 heavy (non-hydrogen) atoms. The van der Waals surface area contributed by atoms with Crippen molar-refractivity contribution in [2.24, 2.45) is 0 Å². The van der Waals surface area contributed by atoms with E-state index in [2.05, 4.69) is 5.32 Å². The molecule has 0 amide bonds. The van der Waals surface area contributed by atoms with E-state index in [1.165, 1.54) is 0 Å². The van der Waals surface area contributed by atoms with Crippen LogP contribution < -0.4 is 5.32 Å². The number of alkyl halides is 3. The second kappa shape index (κ2) is 5.92. The third-order valence-electron chi connectivity index (χ3n) is 1.81. The van der Waals surface area contributed by atoms with Gasteiger partial charge >= 0.3 is 12.1 Å². The zero-order chi connectivity index (χ0) is 12.1. The van der Waals surface area contributed by atoms with Gasteiger partial charge in [-0.1, -0.05) is 13.3 Å². The third-order valence-corrected chi connectivity index (χ3v) is 1.81. The van der Waals surface area contributed by atoms with Crippen molar-refractivity contribution in [3.05, 3.63) is 0 Å². The summed E-state index contributed by atoms with van der Waals surface area (Å²) in [6.07, 6.45) is -6.50. The topological polar surface area (TPSA) is 69.6 Å².